The van der Waals surface area contributed by atoms with Gasteiger partial charge in [0.05, 0.1) is 6.61 Å². The maximum atomic E-state index is 11.7. The van der Waals surface area contributed by atoms with Crippen LogP contribution >= 0.6 is 15.9 Å². The molecule has 0 aromatic rings. The molecule has 2 atom stereocenters. The smallest absolute Gasteiger partial charge is 0.381 e. The lowest BCUT2D eigenvalue weighted by molar-refractivity contribution is -0.174. The van der Waals surface area contributed by atoms with Crippen molar-refractivity contribution in [1.29, 1.82) is 0 Å². The fourth-order valence-corrected chi connectivity index (χ4v) is 2.06. The second-order valence-electron chi connectivity index (χ2n) is 3.60. The van der Waals surface area contributed by atoms with Crippen molar-refractivity contribution in [3.8, 4) is 0 Å². The standard InChI is InChI=1S/C9H14BrF3O2/c10-8-2-4-14-5-7(8)1-3-15-6-9(11,12)13/h7-8H,1-6H2. The number of halogens is 4. The molecule has 2 nitrogen and oxygen atoms in total. The zero-order valence-corrected chi connectivity index (χ0v) is 9.81. The molecule has 1 saturated heterocycles. The topological polar surface area (TPSA) is 18.5 Å². The van der Waals surface area contributed by atoms with Gasteiger partial charge in [-0.3, -0.25) is 0 Å². The Labute approximate surface area is 95.2 Å². The normalized spacial score (nSPS) is 28.0. The van der Waals surface area contributed by atoms with E-state index < -0.39 is 12.8 Å². The molecule has 0 aromatic heterocycles. The lowest BCUT2D eigenvalue weighted by atomic mass is 9.99. The van der Waals surface area contributed by atoms with Crippen LogP contribution in [0.2, 0.25) is 0 Å². The van der Waals surface area contributed by atoms with Crippen LogP contribution in [0.4, 0.5) is 13.2 Å². The van der Waals surface area contributed by atoms with Crippen molar-refractivity contribution in [1.82, 2.24) is 0 Å². The quantitative estimate of drug-likeness (QED) is 0.586. The highest BCUT2D eigenvalue weighted by Crippen LogP contribution is 2.25. The van der Waals surface area contributed by atoms with Crippen molar-refractivity contribution in [2.75, 3.05) is 26.4 Å². The van der Waals surface area contributed by atoms with Gasteiger partial charge in [-0.25, -0.2) is 0 Å². The van der Waals surface area contributed by atoms with Gasteiger partial charge in [-0.1, -0.05) is 15.9 Å². The molecule has 0 aromatic carbocycles. The van der Waals surface area contributed by atoms with Crippen LogP contribution in [0.3, 0.4) is 0 Å². The summed E-state index contributed by atoms with van der Waals surface area (Å²) in [5.41, 5.74) is 0. The van der Waals surface area contributed by atoms with Crippen LogP contribution in [-0.4, -0.2) is 37.4 Å². The first-order chi connectivity index (χ1) is 6.99. The Kier molecular flexibility index (Phi) is 5.35. The Morgan fingerprint density at radius 3 is 2.73 bits per heavy atom. The van der Waals surface area contributed by atoms with E-state index in [1.54, 1.807) is 0 Å². The number of hydrogen-bond donors (Lipinski definition) is 0. The van der Waals surface area contributed by atoms with Crippen molar-refractivity contribution < 1.29 is 22.6 Å². The van der Waals surface area contributed by atoms with E-state index in [0.717, 1.165) is 13.0 Å². The van der Waals surface area contributed by atoms with Gasteiger partial charge in [0.2, 0.25) is 0 Å². The van der Waals surface area contributed by atoms with Crippen molar-refractivity contribution in [2.24, 2.45) is 5.92 Å². The maximum Gasteiger partial charge on any atom is 0.411 e. The van der Waals surface area contributed by atoms with Gasteiger partial charge in [0, 0.05) is 18.0 Å². The highest BCUT2D eigenvalue weighted by atomic mass is 79.9. The second kappa shape index (κ2) is 6.06. The first-order valence-corrected chi connectivity index (χ1v) is 5.77. The molecule has 0 saturated carbocycles. The Morgan fingerprint density at radius 1 is 1.40 bits per heavy atom. The van der Waals surface area contributed by atoms with E-state index >= 15 is 0 Å². The monoisotopic (exact) mass is 290 g/mol. The van der Waals surface area contributed by atoms with Crippen molar-refractivity contribution in [3.05, 3.63) is 0 Å². The summed E-state index contributed by atoms with van der Waals surface area (Å²) in [6, 6.07) is 0. The van der Waals surface area contributed by atoms with E-state index in [4.69, 9.17) is 4.74 Å². The zero-order valence-electron chi connectivity index (χ0n) is 8.23. The highest BCUT2D eigenvalue weighted by Gasteiger charge is 2.28. The lowest BCUT2D eigenvalue weighted by Gasteiger charge is -2.27. The summed E-state index contributed by atoms with van der Waals surface area (Å²) in [5, 5.41) is 0. The molecule has 1 aliphatic rings. The third-order valence-corrected chi connectivity index (χ3v) is 3.49. The molecule has 0 amide bonds. The van der Waals surface area contributed by atoms with Gasteiger partial charge in [0.25, 0.3) is 0 Å². The molecule has 1 aliphatic heterocycles. The molecule has 15 heavy (non-hydrogen) atoms. The molecule has 0 radical (unpaired) electrons. The van der Waals surface area contributed by atoms with E-state index in [1.807, 2.05) is 0 Å². The Morgan fingerprint density at radius 2 is 2.13 bits per heavy atom. The summed E-state index contributed by atoms with van der Waals surface area (Å²) in [6.07, 6.45) is -2.72. The zero-order chi connectivity index (χ0) is 11.3. The molecule has 0 bridgehead atoms. The van der Waals surface area contributed by atoms with Crippen LogP contribution in [0.15, 0.2) is 0 Å². The number of hydrogen-bond acceptors (Lipinski definition) is 2. The van der Waals surface area contributed by atoms with E-state index in [0.29, 0.717) is 17.9 Å². The van der Waals surface area contributed by atoms with E-state index in [9.17, 15) is 13.2 Å². The van der Waals surface area contributed by atoms with Gasteiger partial charge in [0.15, 0.2) is 0 Å². The van der Waals surface area contributed by atoms with Crippen molar-refractivity contribution in [3.63, 3.8) is 0 Å². The average Bonchev–Trinajstić information content (AvgIpc) is 2.13. The van der Waals surface area contributed by atoms with Crippen LogP contribution in [-0.2, 0) is 9.47 Å². The predicted octanol–water partition coefficient (Wildman–Crippen LogP) is 2.76. The van der Waals surface area contributed by atoms with E-state index in [2.05, 4.69) is 20.7 Å². The summed E-state index contributed by atoms with van der Waals surface area (Å²) in [4.78, 5) is 0.334. The molecule has 1 fully saturated rings. The SMILES string of the molecule is FC(F)(F)COCCC1COCCC1Br. The minimum Gasteiger partial charge on any atom is -0.381 e. The molecule has 1 heterocycles. The van der Waals surface area contributed by atoms with Crippen LogP contribution in [0.5, 0.6) is 0 Å². The minimum absolute atomic E-state index is 0.135. The van der Waals surface area contributed by atoms with Crippen molar-refractivity contribution >= 4 is 15.9 Å². The largest absolute Gasteiger partial charge is 0.411 e. The summed E-state index contributed by atoms with van der Waals surface area (Å²) < 4.78 is 45.0. The van der Waals surface area contributed by atoms with Crippen LogP contribution in [0.1, 0.15) is 12.8 Å². The number of alkyl halides is 4. The molecule has 0 spiro atoms. The van der Waals surface area contributed by atoms with Gasteiger partial charge in [-0.15, -0.1) is 0 Å². The second-order valence-corrected chi connectivity index (χ2v) is 4.77. The molecular weight excluding hydrogens is 277 g/mol. The highest BCUT2D eigenvalue weighted by molar-refractivity contribution is 9.09. The van der Waals surface area contributed by atoms with Gasteiger partial charge < -0.3 is 9.47 Å². The third-order valence-electron chi connectivity index (χ3n) is 2.28. The molecule has 0 aliphatic carbocycles. The molecule has 0 N–H and O–H groups in total. The number of rotatable bonds is 4. The van der Waals surface area contributed by atoms with Crippen LogP contribution < -0.4 is 0 Å². The first kappa shape index (κ1) is 13.3. The fraction of sp³-hybridized carbons (Fsp3) is 1.00. The maximum absolute atomic E-state index is 11.7. The Balaban J connectivity index is 2.08. The van der Waals surface area contributed by atoms with Gasteiger partial charge in [-0.05, 0) is 18.8 Å². The average molecular weight is 291 g/mol. The summed E-state index contributed by atoms with van der Waals surface area (Å²) in [5.74, 6) is 0.256. The van der Waals surface area contributed by atoms with E-state index in [1.165, 1.54) is 0 Å². The summed E-state index contributed by atoms with van der Waals surface area (Å²) >= 11 is 3.49. The van der Waals surface area contributed by atoms with Gasteiger partial charge in [-0.2, -0.15) is 13.2 Å². The van der Waals surface area contributed by atoms with E-state index in [-0.39, 0.29) is 12.5 Å². The van der Waals surface area contributed by atoms with Gasteiger partial charge in [0.1, 0.15) is 6.61 Å². The molecule has 90 valence electrons. The molecule has 2 unspecified atom stereocenters. The third kappa shape index (κ3) is 5.73. The van der Waals surface area contributed by atoms with Crippen LogP contribution in [0, 0.1) is 5.92 Å². The number of ether oxygens (including phenoxy) is 2. The molecule has 1 rings (SSSR count). The van der Waals surface area contributed by atoms with Gasteiger partial charge >= 0.3 is 6.18 Å². The Bertz CT molecular complexity index is 187. The fourth-order valence-electron chi connectivity index (χ4n) is 1.46. The van der Waals surface area contributed by atoms with Crippen LogP contribution in [0.25, 0.3) is 0 Å². The van der Waals surface area contributed by atoms with Crippen molar-refractivity contribution in [2.45, 2.75) is 23.8 Å². The summed E-state index contributed by atoms with van der Waals surface area (Å²) in [6.45, 7) is 0.296. The lowest BCUT2D eigenvalue weighted by Crippen LogP contribution is -2.29. The minimum atomic E-state index is -4.23. The predicted molar refractivity (Wildman–Crippen MR) is 53.1 cm³/mol. The molecular formula is C9H14BrF3O2. The first-order valence-electron chi connectivity index (χ1n) is 4.85. The molecule has 6 heteroatoms. The summed E-state index contributed by atoms with van der Waals surface area (Å²) in [7, 11) is 0. The Hall–Kier alpha value is 0.190.